The number of rotatable bonds is 5. The van der Waals surface area contributed by atoms with Crippen molar-refractivity contribution in [1.29, 1.82) is 0 Å². The first-order chi connectivity index (χ1) is 6.25. The fraction of sp³-hybridized carbons (Fsp3) is 0.857. The molecule has 6 nitrogen and oxygen atoms in total. The van der Waals surface area contributed by atoms with Crippen molar-refractivity contribution in [3.63, 3.8) is 0 Å². The van der Waals surface area contributed by atoms with Crippen molar-refractivity contribution in [2.75, 3.05) is 6.61 Å². The monoisotopic (exact) mass is 274 g/mol. The fourth-order valence-corrected chi connectivity index (χ4v) is 1.05. The van der Waals surface area contributed by atoms with Gasteiger partial charge in [0.15, 0.2) is 0 Å². The molecule has 0 saturated heterocycles. The van der Waals surface area contributed by atoms with E-state index in [-0.39, 0.29) is 0 Å². The fourth-order valence-electron chi connectivity index (χ4n) is 0.777. The van der Waals surface area contributed by atoms with E-state index in [1.807, 2.05) is 0 Å². The normalized spacial score (nSPS) is 22.2. The molecule has 0 bridgehead atoms. The number of aliphatic hydroxyl groups excluding tert-OH is 4. The number of aliphatic hydroxyl groups is 5. The Bertz CT molecular complexity index is 206. The molecule has 0 aromatic heterocycles. The van der Waals surface area contributed by atoms with E-state index in [0.717, 1.165) is 6.92 Å². The number of hydrogen-bond acceptors (Lipinski definition) is 6. The van der Waals surface area contributed by atoms with Crippen LogP contribution in [0.5, 0.6) is 0 Å². The van der Waals surface area contributed by atoms with Crippen molar-refractivity contribution in [2.45, 2.75) is 30.8 Å². The van der Waals surface area contributed by atoms with Gasteiger partial charge in [0.05, 0.1) is 0 Å². The molecule has 4 atom stereocenters. The summed E-state index contributed by atoms with van der Waals surface area (Å²) in [6.45, 7) is 0.229. The average molecular weight is 273 g/mol. The number of carbonyl (C=O) groups is 1. The number of carbonyl (C=O) groups excluding carboxylic acids is 1. The van der Waals surface area contributed by atoms with Gasteiger partial charge in [-0.25, -0.2) is 0 Å². The van der Waals surface area contributed by atoms with Gasteiger partial charge in [0.2, 0.25) is 0 Å². The third-order valence-electron chi connectivity index (χ3n) is 1.91. The molecule has 0 aromatic carbocycles. The zero-order valence-corrected chi connectivity index (χ0v) is 9.41. The summed E-state index contributed by atoms with van der Waals surface area (Å²) in [6, 6.07) is 0. The summed E-state index contributed by atoms with van der Waals surface area (Å²) in [4.78, 5) is 10.8. The molecular formula is C7H14O6Se. The van der Waals surface area contributed by atoms with Gasteiger partial charge < -0.3 is 0 Å². The van der Waals surface area contributed by atoms with Crippen molar-refractivity contribution in [3.05, 3.63) is 0 Å². The molecule has 0 heterocycles. The molecule has 0 rings (SSSR count). The van der Waals surface area contributed by atoms with Gasteiger partial charge in [-0.05, 0) is 0 Å². The van der Waals surface area contributed by atoms with Gasteiger partial charge in [0.25, 0.3) is 0 Å². The van der Waals surface area contributed by atoms with Crippen LogP contribution in [0.2, 0.25) is 0 Å². The first kappa shape index (κ1) is 14.0. The van der Waals surface area contributed by atoms with E-state index in [1.165, 1.54) is 16.0 Å². The molecule has 0 aliphatic heterocycles. The first-order valence-corrected chi connectivity index (χ1v) is 4.79. The van der Waals surface area contributed by atoms with E-state index in [4.69, 9.17) is 10.2 Å². The summed E-state index contributed by atoms with van der Waals surface area (Å²) < 4.78 is -0.804. The average Bonchev–Trinajstić information content (AvgIpc) is 2.13. The molecule has 0 aliphatic rings. The Hall–Kier alpha value is -0.0105. The Morgan fingerprint density at radius 1 is 1.43 bits per heavy atom. The summed E-state index contributed by atoms with van der Waals surface area (Å²) in [6.07, 6.45) is -5.26. The van der Waals surface area contributed by atoms with E-state index >= 15 is 0 Å². The van der Waals surface area contributed by atoms with Gasteiger partial charge in [0, 0.05) is 0 Å². The van der Waals surface area contributed by atoms with Crippen LogP contribution in [0.1, 0.15) is 6.92 Å². The van der Waals surface area contributed by atoms with Gasteiger partial charge in [-0.2, -0.15) is 0 Å². The predicted octanol–water partition coefficient (Wildman–Crippen LogP) is -3.76. The maximum atomic E-state index is 10.8. The van der Waals surface area contributed by atoms with Crippen LogP contribution in [0.3, 0.4) is 0 Å². The third kappa shape index (κ3) is 2.99. The van der Waals surface area contributed by atoms with Crippen molar-refractivity contribution in [2.24, 2.45) is 0 Å². The maximum absolute atomic E-state index is 10.8. The van der Waals surface area contributed by atoms with Crippen LogP contribution in [0, 0.1) is 0 Å². The van der Waals surface area contributed by atoms with Gasteiger partial charge in [-0.15, -0.1) is 0 Å². The Morgan fingerprint density at radius 3 is 2.14 bits per heavy atom. The van der Waals surface area contributed by atoms with Crippen LogP contribution in [-0.2, 0) is 4.79 Å². The molecule has 84 valence electrons. The Morgan fingerprint density at radius 2 is 1.86 bits per heavy atom. The molecule has 4 unspecified atom stereocenters. The molecule has 14 heavy (non-hydrogen) atoms. The topological polar surface area (TPSA) is 118 Å². The van der Waals surface area contributed by atoms with E-state index in [9.17, 15) is 20.1 Å². The molecule has 0 aromatic rings. The molecule has 0 spiro atoms. The van der Waals surface area contributed by atoms with Crippen LogP contribution < -0.4 is 0 Å². The van der Waals surface area contributed by atoms with Crippen LogP contribution in [0.25, 0.3) is 0 Å². The zero-order chi connectivity index (χ0) is 11.5. The van der Waals surface area contributed by atoms with Gasteiger partial charge >= 0.3 is 88.5 Å². The summed E-state index contributed by atoms with van der Waals surface area (Å²) in [7, 11) is 0. The molecule has 5 N–H and O–H groups in total. The minimum atomic E-state index is -2.17. The predicted molar refractivity (Wildman–Crippen MR) is 47.9 cm³/mol. The first-order valence-electron chi connectivity index (χ1n) is 3.86. The van der Waals surface area contributed by atoms with Crippen LogP contribution in [0.4, 0.5) is 0 Å². The second-order valence-corrected chi connectivity index (χ2v) is 3.99. The van der Waals surface area contributed by atoms with Crippen molar-refractivity contribution in [1.82, 2.24) is 0 Å². The van der Waals surface area contributed by atoms with Crippen LogP contribution in [0.15, 0.2) is 0 Å². The molecule has 0 amide bonds. The Labute approximate surface area is 89.0 Å². The van der Waals surface area contributed by atoms with E-state index in [1.54, 1.807) is 0 Å². The summed E-state index contributed by atoms with van der Waals surface area (Å²) in [5.74, 6) is 0. The zero-order valence-electron chi connectivity index (χ0n) is 7.53. The minimum absolute atomic E-state index is 0.777. The standard InChI is InChI=1S/C7H14O6Se/c1-7(13,6(12)14)5(11)4(10)3(9)2-8/h3-5,8-11,13H,2H2,1H3,(H,12,14). The SMILES string of the molecule is CC(O)(C(=O)[SeH])C(O)C(O)C(O)CO. The molecule has 0 radical (unpaired) electrons. The molecule has 7 heteroatoms. The van der Waals surface area contributed by atoms with Crippen molar-refractivity contribution >= 4 is 20.7 Å². The quantitative estimate of drug-likeness (QED) is 0.328. The molecule has 0 aliphatic carbocycles. The van der Waals surface area contributed by atoms with E-state index in [0.29, 0.717) is 0 Å². The van der Waals surface area contributed by atoms with Crippen LogP contribution >= 0.6 is 0 Å². The summed E-state index contributed by atoms with van der Waals surface area (Å²) in [5.41, 5.74) is -2.17. The van der Waals surface area contributed by atoms with Crippen molar-refractivity contribution < 1.29 is 30.3 Å². The Kier molecular flexibility index (Phi) is 5.17. The van der Waals surface area contributed by atoms with Gasteiger partial charge in [-0.3, -0.25) is 0 Å². The van der Waals surface area contributed by atoms with Crippen LogP contribution in [-0.4, -0.2) is 76.7 Å². The Balaban J connectivity index is 4.60. The van der Waals surface area contributed by atoms with Crippen molar-refractivity contribution in [3.8, 4) is 0 Å². The third-order valence-corrected chi connectivity index (χ3v) is 2.86. The number of hydrogen-bond donors (Lipinski definition) is 5. The second kappa shape index (κ2) is 5.18. The molecular weight excluding hydrogens is 259 g/mol. The van der Waals surface area contributed by atoms with E-state index in [2.05, 4.69) is 0 Å². The summed E-state index contributed by atoms with van der Waals surface area (Å²) >= 11 is 1.51. The van der Waals surface area contributed by atoms with Gasteiger partial charge in [0.1, 0.15) is 0 Å². The molecule has 0 saturated carbocycles. The van der Waals surface area contributed by atoms with Gasteiger partial charge in [-0.1, -0.05) is 0 Å². The van der Waals surface area contributed by atoms with E-state index < -0.39 is 35.2 Å². The second-order valence-electron chi connectivity index (χ2n) is 3.14. The molecule has 0 fully saturated rings. The summed E-state index contributed by atoms with van der Waals surface area (Å²) in [5, 5.41) is 45.3.